The third kappa shape index (κ3) is 22.1. The minimum Gasteiger partial charge on any atom is -0.351 e. The number of carbonyl (C=O) groups excluding carboxylic acids is 3. The van der Waals surface area contributed by atoms with Crippen molar-refractivity contribution >= 4 is 17.7 Å². The molecule has 0 saturated carbocycles. The van der Waals surface area contributed by atoms with Crippen molar-refractivity contribution in [2.24, 2.45) is 11.8 Å². The first-order chi connectivity index (χ1) is 19.1. The Bertz CT molecular complexity index is 620. The van der Waals surface area contributed by atoms with Crippen molar-refractivity contribution in [3.05, 3.63) is 0 Å². The predicted octanol–water partition coefficient (Wildman–Crippen LogP) is 3.84. The summed E-state index contributed by atoms with van der Waals surface area (Å²) in [6.45, 7) is 12.9. The Kier molecular flexibility index (Phi) is 24.0. The summed E-state index contributed by atoms with van der Waals surface area (Å²) < 4.78 is 0. The van der Waals surface area contributed by atoms with Crippen LogP contribution in [0.2, 0.25) is 0 Å². The number of rotatable bonds is 26. The molecular weight excluding hydrogens is 502 g/mol. The molecule has 0 spiro atoms. The molecule has 0 aromatic carbocycles. The Morgan fingerprint density at radius 3 is 1.35 bits per heavy atom. The Morgan fingerprint density at radius 2 is 0.975 bits per heavy atom. The maximum Gasteiger partial charge on any atom is 0.278 e. The fourth-order valence-corrected chi connectivity index (χ4v) is 5.06. The van der Waals surface area contributed by atoms with E-state index in [4.69, 9.17) is 0 Å². The van der Waals surface area contributed by atoms with E-state index in [1.165, 1.54) is 57.8 Å². The van der Waals surface area contributed by atoms with Crippen LogP contribution in [0, 0.1) is 11.8 Å². The summed E-state index contributed by atoms with van der Waals surface area (Å²) >= 11 is 0. The highest BCUT2D eigenvalue weighted by Crippen LogP contribution is 2.13. The molecule has 40 heavy (non-hydrogen) atoms. The fourth-order valence-electron chi connectivity index (χ4n) is 5.06. The van der Waals surface area contributed by atoms with Gasteiger partial charge in [0.15, 0.2) is 12.1 Å². The molecule has 8 N–H and O–H groups in total. The molecule has 0 rings (SSSR count). The van der Waals surface area contributed by atoms with E-state index in [1.807, 2.05) is 4.90 Å². The number of unbranched alkanes of at least 4 members (excludes halogenated alkanes) is 10. The van der Waals surface area contributed by atoms with Gasteiger partial charge in [0.1, 0.15) is 0 Å². The van der Waals surface area contributed by atoms with Crippen molar-refractivity contribution in [3.8, 4) is 0 Å². The van der Waals surface area contributed by atoms with Crippen LogP contribution in [0.25, 0.3) is 0 Å². The topological polar surface area (TPSA) is 134 Å². The van der Waals surface area contributed by atoms with E-state index >= 15 is 0 Å². The number of carbonyl (C=O) groups is 3. The van der Waals surface area contributed by atoms with Gasteiger partial charge in [0, 0.05) is 45.4 Å². The second-order valence-corrected chi connectivity index (χ2v) is 12.6. The molecule has 0 aliphatic heterocycles. The number of nitrogens with one attached hydrogen (secondary N) is 2. The van der Waals surface area contributed by atoms with Gasteiger partial charge in [-0.3, -0.25) is 14.4 Å². The van der Waals surface area contributed by atoms with Gasteiger partial charge in [-0.2, -0.15) is 0 Å². The molecule has 0 aliphatic carbocycles. The highest BCUT2D eigenvalue weighted by atomic mass is 16.2. The van der Waals surface area contributed by atoms with Gasteiger partial charge in [-0.25, -0.2) is 0 Å². The predicted molar refractivity (Wildman–Crippen MR) is 165 cm³/mol. The summed E-state index contributed by atoms with van der Waals surface area (Å²) in [4.78, 5) is 39.5. The Hall–Kier alpha value is -1.67. The van der Waals surface area contributed by atoms with E-state index in [-0.39, 0.29) is 29.8 Å². The number of hydrogen-bond donors (Lipinski definition) is 4. The van der Waals surface area contributed by atoms with Crippen LogP contribution in [-0.4, -0.2) is 60.9 Å². The second-order valence-electron chi connectivity index (χ2n) is 12.6. The first-order valence-corrected chi connectivity index (χ1v) is 16.6. The standard InChI is InChI=1S/C32H65N5O3/c1-6-7-8-9-10-11-12-13-14-15-16-19-30(38)37(22-17-20-35-31(39)28(33)24-26(2)3)23-18-21-36-32(40)29(34)25-27(4)5/h26-29H,6-25,33-34H2,1-5H3,(H,35,39)(H,36,40)/p+2/t28-,29-/m0/s1. The lowest BCUT2D eigenvalue weighted by Crippen LogP contribution is -2.67. The minimum atomic E-state index is -0.241. The van der Waals surface area contributed by atoms with Crippen LogP contribution in [0.15, 0.2) is 0 Å². The van der Waals surface area contributed by atoms with Gasteiger partial charge in [0.05, 0.1) is 0 Å². The summed E-state index contributed by atoms with van der Waals surface area (Å²) in [5.41, 5.74) is 7.95. The molecule has 0 aromatic rings. The average molecular weight is 570 g/mol. The summed E-state index contributed by atoms with van der Waals surface area (Å²) in [7, 11) is 0. The van der Waals surface area contributed by atoms with Crippen LogP contribution in [0.3, 0.4) is 0 Å². The zero-order valence-electron chi connectivity index (χ0n) is 27.0. The summed E-state index contributed by atoms with van der Waals surface area (Å²) in [5.74, 6) is 1.01. The Morgan fingerprint density at radius 1 is 0.600 bits per heavy atom. The molecule has 8 heteroatoms. The van der Waals surface area contributed by atoms with Gasteiger partial charge < -0.3 is 27.0 Å². The lowest BCUT2D eigenvalue weighted by Gasteiger charge is -2.23. The van der Waals surface area contributed by atoms with E-state index in [0.29, 0.717) is 57.3 Å². The van der Waals surface area contributed by atoms with Crippen LogP contribution >= 0.6 is 0 Å². The molecule has 3 amide bonds. The van der Waals surface area contributed by atoms with Gasteiger partial charge in [-0.05, 0) is 31.1 Å². The molecule has 0 fully saturated rings. The molecule has 0 heterocycles. The van der Waals surface area contributed by atoms with Crippen LogP contribution < -0.4 is 22.1 Å². The van der Waals surface area contributed by atoms with E-state index in [0.717, 1.165) is 25.7 Å². The molecule has 0 aromatic heterocycles. The molecule has 0 unspecified atom stereocenters. The van der Waals surface area contributed by atoms with Crippen molar-refractivity contribution in [2.75, 3.05) is 26.2 Å². The van der Waals surface area contributed by atoms with E-state index in [1.54, 1.807) is 0 Å². The van der Waals surface area contributed by atoms with E-state index < -0.39 is 0 Å². The smallest absolute Gasteiger partial charge is 0.278 e. The molecule has 0 radical (unpaired) electrons. The lowest BCUT2D eigenvalue weighted by molar-refractivity contribution is -0.407. The zero-order chi connectivity index (χ0) is 30.2. The molecule has 2 atom stereocenters. The van der Waals surface area contributed by atoms with Crippen LogP contribution in [0.1, 0.15) is 137 Å². The minimum absolute atomic E-state index is 0.0145. The zero-order valence-corrected chi connectivity index (χ0v) is 27.0. The Labute approximate surface area is 246 Å². The summed E-state index contributed by atoms with van der Waals surface area (Å²) in [5, 5.41) is 5.96. The molecule has 0 bridgehead atoms. The van der Waals surface area contributed by atoms with Crippen LogP contribution in [-0.2, 0) is 14.4 Å². The normalized spacial score (nSPS) is 12.9. The summed E-state index contributed by atoms with van der Waals surface area (Å²) in [6.07, 6.45) is 17.4. The monoisotopic (exact) mass is 570 g/mol. The van der Waals surface area contributed by atoms with E-state index in [2.05, 4.69) is 56.7 Å². The molecule has 236 valence electrons. The van der Waals surface area contributed by atoms with Crippen molar-refractivity contribution in [1.29, 1.82) is 0 Å². The largest absolute Gasteiger partial charge is 0.351 e. The highest BCUT2D eigenvalue weighted by Gasteiger charge is 2.20. The maximum atomic E-state index is 13.0. The van der Waals surface area contributed by atoms with E-state index in [9.17, 15) is 14.4 Å². The van der Waals surface area contributed by atoms with Crippen LogP contribution in [0.4, 0.5) is 0 Å². The molecular formula is C32H67N5O3+2. The van der Waals surface area contributed by atoms with Crippen molar-refractivity contribution < 1.29 is 25.9 Å². The quantitative estimate of drug-likeness (QED) is 0.118. The van der Waals surface area contributed by atoms with Gasteiger partial charge in [0.25, 0.3) is 11.8 Å². The fraction of sp³-hybridized carbons (Fsp3) is 0.906. The van der Waals surface area contributed by atoms with Gasteiger partial charge >= 0.3 is 0 Å². The molecule has 0 saturated heterocycles. The van der Waals surface area contributed by atoms with Crippen molar-refractivity contribution in [2.45, 2.75) is 149 Å². The average Bonchev–Trinajstić information content (AvgIpc) is 2.89. The second kappa shape index (κ2) is 25.1. The number of hydrogen-bond acceptors (Lipinski definition) is 3. The molecule has 0 aliphatic rings. The first kappa shape index (κ1) is 38.3. The number of amides is 3. The maximum absolute atomic E-state index is 13.0. The van der Waals surface area contributed by atoms with Gasteiger partial charge in [-0.15, -0.1) is 0 Å². The van der Waals surface area contributed by atoms with Gasteiger partial charge in [-0.1, -0.05) is 98.8 Å². The third-order valence-electron chi connectivity index (χ3n) is 7.41. The SMILES string of the molecule is CCCCCCCCCCCCCC(=O)N(CCCNC(=O)[C@@H]([NH3+])CC(C)C)CCCNC(=O)[C@@H]([NH3+])CC(C)C. The van der Waals surface area contributed by atoms with Crippen LogP contribution in [0.5, 0.6) is 0 Å². The van der Waals surface area contributed by atoms with Crippen molar-refractivity contribution in [1.82, 2.24) is 15.5 Å². The highest BCUT2D eigenvalue weighted by molar-refractivity contribution is 5.80. The number of nitrogens with zero attached hydrogens (tertiary/aromatic N) is 1. The summed E-state index contributed by atoms with van der Waals surface area (Å²) in [6, 6.07) is -0.482. The third-order valence-corrected chi connectivity index (χ3v) is 7.41. The Balaban J connectivity index is 4.46. The van der Waals surface area contributed by atoms with Crippen molar-refractivity contribution in [3.63, 3.8) is 0 Å². The lowest BCUT2D eigenvalue weighted by atomic mass is 10.0. The number of quaternary nitrogens is 2. The first-order valence-electron chi connectivity index (χ1n) is 16.6. The molecule has 8 nitrogen and oxygen atoms in total. The van der Waals surface area contributed by atoms with Gasteiger partial charge in [0.2, 0.25) is 5.91 Å².